The summed E-state index contributed by atoms with van der Waals surface area (Å²) in [6.45, 7) is 0. The number of anilines is 2. The summed E-state index contributed by atoms with van der Waals surface area (Å²) < 4.78 is 4.50. The van der Waals surface area contributed by atoms with Crippen LogP contribution in [-0.2, 0) is 14.3 Å². The van der Waals surface area contributed by atoms with Crippen LogP contribution in [0, 0.1) is 0 Å². The molecule has 0 fully saturated rings. The monoisotopic (exact) mass is 268 g/mol. The molecular weight excluding hydrogens is 252 g/mol. The number of nitrogens with one attached hydrogen (secondary N) is 1. The summed E-state index contributed by atoms with van der Waals surface area (Å²) in [5.74, 6) is 0.484. The van der Waals surface area contributed by atoms with E-state index in [1.807, 2.05) is 0 Å². The number of rotatable bonds is 6. The van der Waals surface area contributed by atoms with Crippen molar-refractivity contribution >= 4 is 35.0 Å². The minimum atomic E-state index is -0.265. The van der Waals surface area contributed by atoms with Crippen LogP contribution in [0.4, 0.5) is 11.4 Å². The van der Waals surface area contributed by atoms with E-state index in [4.69, 9.17) is 5.73 Å². The molecule has 0 aliphatic heterocycles. The van der Waals surface area contributed by atoms with Crippen LogP contribution in [0.15, 0.2) is 24.3 Å². The molecular formula is C12H16N2O3S. The third-order valence-corrected chi connectivity index (χ3v) is 3.04. The second kappa shape index (κ2) is 7.60. The Morgan fingerprint density at radius 3 is 2.89 bits per heavy atom. The molecule has 0 spiro atoms. The van der Waals surface area contributed by atoms with Gasteiger partial charge in [0.05, 0.1) is 19.3 Å². The Balaban J connectivity index is 2.24. The summed E-state index contributed by atoms with van der Waals surface area (Å²) in [4.78, 5) is 22.4. The Kier molecular flexibility index (Phi) is 6.07. The minimum absolute atomic E-state index is 0.115. The number of hydrogen-bond acceptors (Lipinski definition) is 5. The summed E-state index contributed by atoms with van der Waals surface area (Å²) in [5, 5.41) is 2.73. The van der Waals surface area contributed by atoms with Gasteiger partial charge in [0.25, 0.3) is 0 Å². The molecule has 18 heavy (non-hydrogen) atoms. The number of carbonyl (C=O) groups excluding carboxylic acids is 2. The van der Waals surface area contributed by atoms with Crippen molar-refractivity contribution in [3.8, 4) is 0 Å². The SMILES string of the molecule is COC(=O)CCSCC(=O)Nc1cccc(N)c1. The van der Waals surface area contributed by atoms with E-state index in [1.54, 1.807) is 24.3 Å². The maximum absolute atomic E-state index is 11.5. The molecule has 5 nitrogen and oxygen atoms in total. The Labute approximate surface area is 110 Å². The number of hydrogen-bond donors (Lipinski definition) is 2. The quantitative estimate of drug-likeness (QED) is 0.464. The van der Waals surface area contributed by atoms with Crippen LogP contribution in [0.3, 0.4) is 0 Å². The first kappa shape index (κ1) is 14.4. The molecule has 0 saturated heterocycles. The molecule has 3 N–H and O–H groups in total. The van der Waals surface area contributed by atoms with Crippen molar-refractivity contribution in [3.05, 3.63) is 24.3 Å². The van der Waals surface area contributed by atoms with Crippen molar-refractivity contribution < 1.29 is 14.3 Å². The zero-order chi connectivity index (χ0) is 13.4. The lowest BCUT2D eigenvalue weighted by Gasteiger charge is -2.05. The van der Waals surface area contributed by atoms with E-state index in [0.717, 1.165) is 0 Å². The van der Waals surface area contributed by atoms with Crippen LogP contribution in [0.2, 0.25) is 0 Å². The Hall–Kier alpha value is -1.69. The van der Waals surface area contributed by atoms with E-state index in [9.17, 15) is 9.59 Å². The van der Waals surface area contributed by atoms with Gasteiger partial charge in [-0.25, -0.2) is 0 Å². The van der Waals surface area contributed by atoms with Gasteiger partial charge in [0.1, 0.15) is 0 Å². The van der Waals surface area contributed by atoms with E-state index >= 15 is 0 Å². The fourth-order valence-corrected chi connectivity index (χ4v) is 1.95. The number of nitrogen functional groups attached to an aromatic ring is 1. The molecule has 0 aliphatic carbocycles. The molecule has 0 unspecified atom stereocenters. The largest absolute Gasteiger partial charge is 0.469 e. The molecule has 6 heteroatoms. The minimum Gasteiger partial charge on any atom is -0.469 e. The van der Waals surface area contributed by atoms with E-state index in [1.165, 1.54) is 18.9 Å². The maximum atomic E-state index is 11.5. The van der Waals surface area contributed by atoms with Gasteiger partial charge in [-0.1, -0.05) is 6.07 Å². The van der Waals surface area contributed by atoms with E-state index < -0.39 is 0 Å². The molecule has 0 radical (unpaired) electrons. The van der Waals surface area contributed by atoms with Crippen LogP contribution < -0.4 is 11.1 Å². The highest BCUT2D eigenvalue weighted by atomic mass is 32.2. The molecule has 1 rings (SSSR count). The molecule has 0 atom stereocenters. The molecule has 0 bridgehead atoms. The van der Waals surface area contributed by atoms with Gasteiger partial charge in [0.2, 0.25) is 5.91 Å². The first-order chi connectivity index (χ1) is 8.61. The second-order valence-corrected chi connectivity index (χ2v) is 4.66. The predicted molar refractivity (Wildman–Crippen MR) is 73.4 cm³/mol. The number of thioether (sulfide) groups is 1. The summed E-state index contributed by atoms with van der Waals surface area (Å²) in [6, 6.07) is 6.99. The van der Waals surface area contributed by atoms with Gasteiger partial charge in [-0.3, -0.25) is 9.59 Å². The smallest absolute Gasteiger partial charge is 0.306 e. The summed E-state index contributed by atoms with van der Waals surface area (Å²) in [7, 11) is 1.35. The average molecular weight is 268 g/mol. The Morgan fingerprint density at radius 2 is 2.22 bits per heavy atom. The van der Waals surface area contributed by atoms with Gasteiger partial charge in [0, 0.05) is 17.1 Å². The molecule has 0 aromatic heterocycles. The highest BCUT2D eigenvalue weighted by Crippen LogP contribution is 2.12. The maximum Gasteiger partial charge on any atom is 0.306 e. The van der Waals surface area contributed by atoms with Crippen molar-refractivity contribution in [2.24, 2.45) is 0 Å². The zero-order valence-electron chi connectivity index (χ0n) is 10.1. The van der Waals surface area contributed by atoms with Crippen LogP contribution >= 0.6 is 11.8 Å². The first-order valence-corrected chi connectivity index (χ1v) is 6.57. The van der Waals surface area contributed by atoms with Crippen LogP contribution in [0.5, 0.6) is 0 Å². The Bertz CT molecular complexity index is 424. The molecule has 98 valence electrons. The molecule has 0 heterocycles. The van der Waals surface area contributed by atoms with Gasteiger partial charge in [-0.2, -0.15) is 11.8 Å². The highest BCUT2D eigenvalue weighted by molar-refractivity contribution is 7.99. The number of carbonyl (C=O) groups is 2. The number of esters is 1. The van der Waals surface area contributed by atoms with Gasteiger partial charge in [-0.05, 0) is 18.2 Å². The van der Waals surface area contributed by atoms with Crippen LogP contribution in [-0.4, -0.2) is 30.5 Å². The molecule has 1 amide bonds. The van der Waals surface area contributed by atoms with Gasteiger partial charge >= 0.3 is 5.97 Å². The fraction of sp³-hybridized carbons (Fsp3) is 0.333. The fourth-order valence-electron chi connectivity index (χ4n) is 1.24. The first-order valence-electron chi connectivity index (χ1n) is 5.42. The topological polar surface area (TPSA) is 81.4 Å². The third-order valence-electron chi connectivity index (χ3n) is 2.08. The highest BCUT2D eigenvalue weighted by Gasteiger charge is 2.04. The van der Waals surface area contributed by atoms with Crippen molar-refractivity contribution in [1.29, 1.82) is 0 Å². The number of amides is 1. The number of benzene rings is 1. The summed E-state index contributed by atoms with van der Waals surface area (Å²) in [5.41, 5.74) is 6.87. The third kappa shape index (κ3) is 5.58. The van der Waals surface area contributed by atoms with Crippen molar-refractivity contribution in [2.45, 2.75) is 6.42 Å². The van der Waals surface area contributed by atoms with Gasteiger partial charge < -0.3 is 15.8 Å². The number of ether oxygens (including phenoxy) is 1. The molecule has 0 saturated carbocycles. The normalized spacial score (nSPS) is 9.83. The van der Waals surface area contributed by atoms with Crippen LogP contribution in [0.25, 0.3) is 0 Å². The van der Waals surface area contributed by atoms with Gasteiger partial charge in [-0.15, -0.1) is 0 Å². The van der Waals surface area contributed by atoms with Gasteiger partial charge in [0.15, 0.2) is 0 Å². The number of methoxy groups -OCH3 is 1. The predicted octanol–water partition coefficient (Wildman–Crippen LogP) is 1.50. The van der Waals surface area contributed by atoms with Crippen molar-refractivity contribution in [3.63, 3.8) is 0 Å². The lowest BCUT2D eigenvalue weighted by Crippen LogP contribution is -2.14. The lowest BCUT2D eigenvalue weighted by molar-refractivity contribution is -0.140. The zero-order valence-corrected chi connectivity index (χ0v) is 11.0. The van der Waals surface area contributed by atoms with Crippen molar-refractivity contribution in [1.82, 2.24) is 0 Å². The van der Waals surface area contributed by atoms with Crippen molar-refractivity contribution in [2.75, 3.05) is 29.7 Å². The average Bonchev–Trinajstić information content (AvgIpc) is 2.34. The molecule has 1 aromatic carbocycles. The summed E-state index contributed by atoms with van der Waals surface area (Å²) in [6.07, 6.45) is 0.312. The van der Waals surface area contributed by atoms with E-state index in [2.05, 4.69) is 10.1 Å². The number of nitrogens with two attached hydrogens (primary N) is 1. The van der Waals surface area contributed by atoms with E-state index in [-0.39, 0.29) is 11.9 Å². The van der Waals surface area contributed by atoms with Crippen LogP contribution in [0.1, 0.15) is 6.42 Å². The Morgan fingerprint density at radius 1 is 1.44 bits per heavy atom. The second-order valence-electron chi connectivity index (χ2n) is 3.55. The molecule has 1 aromatic rings. The summed E-state index contributed by atoms with van der Waals surface area (Å²) >= 11 is 1.38. The lowest BCUT2D eigenvalue weighted by atomic mass is 10.3. The van der Waals surface area contributed by atoms with E-state index in [0.29, 0.717) is 29.3 Å². The molecule has 0 aliphatic rings. The standard InChI is InChI=1S/C12H16N2O3S/c1-17-12(16)5-6-18-8-11(15)14-10-4-2-3-9(13)7-10/h2-4,7H,5-6,8,13H2,1H3,(H,14,15).